The second-order valence-electron chi connectivity index (χ2n) is 18.8. The van der Waals surface area contributed by atoms with E-state index in [1.165, 1.54) is 44.9 Å². The number of ether oxygens (including phenoxy) is 5. The Hall–Kier alpha value is -4.72. The molecule has 12 heteroatoms. The van der Waals surface area contributed by atoms with E-state index in [4.69, 9.17) is 33.7 Å². The van der Waals surface area contributed by atoms with Gasteiger partial charge >= 0.3 is 6.09 Å². The molecule has 1 saturated carbocycles. The molecule has 1 amide bonds. The van der Waals surface area contributed by atoms with Crippen LogP contribution in [0.15, 0.2) is 102 Å². The van der Waals surface area contributed by atoms with E-state index in [0.717, 1.165) is 67.2 Å². The minimum absolute atomic E-state index is 0.0472. The summed E-state index contributed by atoms with van der Waals surface area (Å²) < 4.78 is 33.1. The fourth-order valence-electron chi connectivity index (χ4n) is 10.8. The molecule has 69 heavy (non-hydrogen) atoms. The summed E-state index contributed by atoms with van der Waals surface area (Å²) in [6.45, 7) is 7.17. The number of benzene rings is 3. The number of fused-ring (bicyclic) bond motifs is 2. The summed E-state index contributed by atoms with van der Waals surface area (Å²) in [5.74, 6) is -0.0447. The third-order valence-electron chi connectivity index (χ3n) is 14.1. The van der Waals surface area contributed by atoms with Gasteiger partial charge in [0.25, 0.3) is 0 Å². The van der Waals surface area contributed by atoms with Crippen LogP contribution in [-0.4, -0.2) is 104 Å². The normalized spacial score (nSPS) is 22.0. The average Bonchev–Trinajstić information content (AvgIpc) is 3.37. The van der Waals surface area contributed by atoms with Crippen molar-refractivity contribution in [3.8, 4) is 28.4 Å². The van der Waals surface area contributed by atoms with E-state index in [-0.39, 0.29) is 77.0 Å². The topological polar surface area (TPSA) is 149 Å². The fourth-order valence-corrected chi connectivity index (χ4v) is 10.8. The summed E-state index contributed by atoms with van der Waals surface area (Å²) in [7, 11) is 1.54. The molecule has 6 atom stereocenters. The van der Waals surface area contributed by atoms with Crippen molar-refractivity contribution < 1.29 is 48.6 Å². The van der Waals surface area contributed by atoms with E-state index in [0.29, 0.717) is 35.8 Å². The number of rotatable bonds is 32. The first kappa shape index (κ1) is 53.6. The Bertz CT molecular complexity index is 2040. The van der Waals surface area contributed by atoms with Crippen LogP contribution in [0.2, 0.25) is 0 Å². The molecule has 3 aliphatic rings. The Kier molecular flexibility index (Phi) is 22.4. The van der Waals surface area contributed by atoms with E-state index >= 15 is 0 Å². The lowest BCUT2D eigenvalue weighted by Crippen LogP contribution is -2.70. The molecule has 0 radical (unpaired) electrons. The number of amides is 1. The lowest BCUT2D eigenvalue weighted by molar-refractivity contribution is -0.256. The van der Waals surface area contributed by atoms with Crippen LogP contribution >= 0.6 is 0 Å². The Balaban J connectivity index is 1.39. The molecule has 0 spiro atoms. The van der Waals surface area contributed by atoms with Crippen LogP contribution in [0.3, 0.4) is 0 Å². The fraction of sp³-hybridized carbons (Fsp3) is 0.579. The Morgan fingerprint density at radius 1 is 0.797 bits per heavy atom. The molecule has 12 nitrogen and oxygen atoms in total. The van der Waals surface area contributed by atoms with Gasteiger partial charge in [-0.2, -0.15) is 0 Å². The van der Waals surface area contributed by atoms with Gasteiger partial charge in [0.15, 0.2) is 0 Å². The molecule has 378 valence electrons. The van der Waals surface area contributed by atoms with Crippen molar-refractivity contribution in [2.45, 2.75) is 134 Å². The van der Waals surface area contributed by atoms with Crippen molar-refractivity contribution in [1.82, 2.24) is 4.90 Å². The van der Waals surface area contributed by atoms with E-state index < -0.39 is 23.8 Å². The molecule has 1 aliphatic heterocycles. The molecule has 2 aliphatic carbocycles. The molecule has 0 aromatic heterocycles. The second kappa shape index (κ2) is 28.8. The Labute approximate surface area is 411 Å². The largest absolute Gasteiger partial charge is 0.459 e. The van der Waals surface area contributed by atoms with Gasteiger partial charge in [0.2, 0.25) is 5.79 Å². The third kappa shape index (κ3) is 14.4. The molecule has 3 aromatic carbocycles. The van der Waals surface area contributed by atoms with E-state index in [1.807, 2.05) is 42.5 Å². The minimum atomic E-state index is -1.45. The van der Waals surface area contributed by atoms with E-state index in [1.54, 1.807) is 18.1 Å². The van der Waals surface area contributed by atoms with Crippen molar-refractivity contribution >= 4 is 11.8 Å². The molecular formula is C57H80N2O10. The zero-order chi connectivity index (χ0) is 48.7. The van der Waals surface area contributed by atoms with Crippen molar-refractivity contribution in [2.24, 2.45) is 22.9 Å². The molecule has 1 fully saturated rings. The summed E-state index contributed by atoms with van der Waals surface area (Å²) in [4.78, 5) is 22.0. The van der Waals surface area contributed by atoms with Crippen molar-refractivity contribution in [3.05, 3.63) is 103 Å². The van der Waals surface area contributed by atoms with Crippen molar-refractivity contribution in [3.63, 3.8) is 0 Å². The van der Waals surface area contributed by atoms with Crippen LogP contribution in [0.1, 0.15) is 128 Å². The van der Waals surface area contributed by atoms with Gasteiger partial charge in [0.05, 0.1) is 44.7 Å². The Morgan fingerprint density at radius 2 is 1.48 bits per heavy atom. The van der Waals surface area contributed by atoms with Gasteiger partial charge in [-0.3, -0.25) is 4.90 Å². The second-order valence-corrected chi connectivity index (χ2v) is 18.8. The molecule has 0 saturated heterocycles. The SMILES string of the molecule is C=CCOC12Oc3ccc(Oc4ccc(-c5ccccc5)cc4)cc3C3C(CCCCO)C(CCCCO)C=C(C(=NOC)CC1N(CCOCCO)C(=O)OCCCCCCCCCCCC)C32. The number of unbranched alkanes of at least 4 members (excludes halogenated alkanes) is 11. The first-order valence-electron chi connectivity index (χ1n) is 26.0. The molecule has 1 heterocycles. The van der Waals surface area contributed by atoms with E-state index in [9.17, 15) is 20.1 Å². The first-order chi connectivity index (χ1) is 33.9. The highest BCUT2D eigenvalue weighted by atomic mass is 16.7. The Morgan fingerprint density at radius 3 is 2.16 bits per heavy atom. The van der Waals surface area contributed by atoms with Crippen LogP contribution in [-0.2, 0) is 19.0 Å². The summed E-state index contributed by atoms with van der Waals surface area (Å²) in [6.07, 6.45) is 20.0. The number of nitrogens with zero attached hydrogens (tertiary/aromatic N) is 2. The van der Waals surface area contributed by atoms with Crippen LogP contribution in [0.25, 0.3) is 11.1 Å². The van der Waals surface area contributed by atoms with Crippen LogP contribution < -0.4 is 9.47 Å². The predicted octanol–water partition coefficient (Wildman–Crippen LogP) is 11.8. The zero-order valence-corrected chi connectivity index (χ0v) is 41.4. The molecular weight excluding hydrogens is 873 g/mol. The van der Waals surface area contributed by atoms with Gasteiger partial charge in [0, 0.05) is 37.7 Å². The summed E-state index contributed by atoms with van der Waals surface area (Å²) in [6, 6.07) is 23.5. The van der Waals surface area contributed by atoms with Gasteiger partial charge in [-0.1, -0.05) is 137 Å². The highest BCUT2D eigenvalue weighted by Gasteiger charge is 2.65. The maximum atomic E-state index is 14.7. The van der Waals surface area contributed by atoms with Crippen molar-refractivity contribution in [1.29, 1.82) is 0 Å². The quantitative estimate of drug-likeness (QED) is 0.0314. The average molecular weight is 953 g/mol. The third-order valence-corrected chi connectivity index (χ3v) is 14.1. The number of hydrogen-bond donors (Lipinski definition) is 3. The van der Waals surface area contributed by atoms with Gasteiger partial charge in [0.1, 0.15) is 30.4 Å². The van der Waals surface area contributed by atoms with Gasteiger partial charge in [-0.05, 0) is 91.0 Å². The summed E-state index contributed by atoms with van der Waals surface area (Å²) >= 11 is 0. The number of aliphatic hydroxyl groups is 3. The standard InChI is InChI=1S/C57H80N2O10/c1-4-6-7-8-9-10-11-12-13-21-37-66-56(63)59(32-38-65-39-35-62)53-42-51(58-64-3)49-40-45(24-17-19-33-60)48(25-18-20-34-61)54-50-41-47(30-31-52(50)69-57(53,55(49)54)67-36-5-2)68-46-28-26-44(27-29-46)43-22-15-14-16-23-43/h5,14-16,22-23,26-31,40-41,45,48,53-55,60-62H,2,4,6-13,17-21,24-25,32-39,42H2,1,3H3. The molecule has 0 bridgehead atoms. The van der Waals surface area contributed by atoms with Gasteiger partial charge in [-0.15, -0.1) is 6.58 Å². The minimum Gasteiger partial charge on any atom is -0.459 e. The molecule has 3 N–H and O–H groups in total. The maximum Gasteiger partial charge on any atom is 0.410 e. The number of oxime groups is 1. The monoisotopic (exact) mass is 953 g/mol. The van der Waals surface area contributed by atoms with E-state index in [2.05, 4.69) is 49.9 Å². The number of hydrogen-bond acceptors (Lipinski definition) is 11. The number of carbonyl (C=O) groups excluding carboxylic acids is 1. The first-order valence-corrected chi connectivity index (χ1v) is 26.0. The lowest BCUT2D eigenvalue weighted by atomic mass is 9.55. The van der Waals surface area contributed by atoms with Crippen molar-refractivity contribution in [2.75, 3.05) is 59.9 Å². The van der Waals surface area contributed by atoms with Crippen LogP contribution in [0.4, 0.5) is 4.79 Å². The predicted molar refractivity (Wildman–Crippen MR) is 272 cm³/mol. The number of carbonyl (C=O) groups is 1. The van der Waals surface area contributed by atoms with Gasteiger partial charge < -0.3 is 43.8 Å². The number of allylic oxidation sites excluding steroid dienone is 1. The molecule has 3 aromatic rings. The summed E-state index contributed by atoms with van der Waals surface area (Å²) in [5, 5.41) is 34.3. The maximum absolute atomic E-state index is 14.7. The van der Waals surface area contributed by atoms with Crippen LogP contribution in [0, 0.1) is 17.8 Å². The van der Waals surface area contributed by atoms with Gasteiger partial charge in [-0.25, -0.2) is 4.79 Å². The highest BCUT2D eigenvalue weighted by Crippen LogP contribution is 2.62. The zero-order valence-electron chi connectivity index (χ0n) is 41.4. The number of aliphatic hydroxyl groups excluding tert-OH is 3. The smallest absolute Gasteiger partial charge is 0.410 e. The van der Waals surface area contributed by atoms with Crippen LogP contribution in [0.5, 0.6) is 17.2 Å². The summed E-state index contributed by atoms with van der Waals surface area (Å²) in [5.41, 5.74) is 4.81. The lowest BCUT2D eigenvalue weighted by Gasteiger charge is -2.59. The highest BCUT2D eigenvalue weighted by molar-refractivity contribution is 6.03. The molecule has 6 rings (SSSR count). The molecule has 6 unspecified atom stereocenters.